The van der Waals surface area contributed by atoms with E-state index in [1.165, 1.54) is 18.4 Å². The summed E-state index contributed by atoms with van der Waals surface area (Å²) >= 11 is 1.38. The highest BCUT2D eigenvalue weighted by molar-refractivity contribution is 7.16. The summed E-state index contributed by atoms with van der Waals surface area (Å²) in [7, 11) is 3.00. The molecule has 1 aromatic heterocycles. The summed E-state index contributed by atoms with van der Waals surface area (Å²) in [5.41, 5.74) is 1.53. The number of hydrogen-bond donors (Lipinski definition) is 1. The van der Waals surface area contributed by atoms with Crippen LogP contribution >= 0.6 is 11.3 Å². The van der Waals surface area contributed by atoms with Crippen molar-refractivity contribution >= 4 is 33.9 Å². The lowest BCUT2D eigenvalue weighted by Crippen LogP contribution is -2.48. The van der Waals surface area contributed by atoms with Gasteiger partial charge in [-0.1, -0.05) is 6.07 Å². The van der Waals surface area contributed by atoms with E-state index in [-0.39, 0.29) is 5.91 Å². The number of rotatable bonds is 6. The van der Waals surface area contributed by atoms with Crippen LogP contribution < -0.4 is 15.0 Å². The van der Waals surface area contributed by atoms with Gasteiger partial charge in [0.1, 0.15) is 10.8 Å². The molecule has 150 valence electrons. The van der Waals surface area contributed by atoms with E-state index in [1.54, 1.807) is 13.2 Å². The van der Waals surface area contributed by atoms with Gasteiger partial charge in [-0.15, -0.1) is 11.3 Å². The van der Waals surface area contributed by atoms with Gasteiger partial charge >= 0.3 is 5.97 Å². The van der Waals surface area contributed by atoms with Gasteiger partial charge in [-0.3, -0.25) is 9.69 Å². The van der Waals surface area contributed by atoms with Crippen molar-refractivity contribution in [3.05, 3.63) is 40.8 Å². The number of esters is 1. The molecule has 0 atom stereocenters. The molecular weight excluding hydrogens is 378 g/mol. The summed E-state index contributed by atoms with van der Waals surface area (Å²) in [4.78, 5) is 29.7. The Hall–Kier alpha value is -2.58. The van der Waals surface area contributed by atoms with E-state index in [1.807, 2.05) is 25.1 Å². The molecule has 1 amide bonds. The minimum Gasteiger partial charge on any atom is -0.497 e. The number of amides is 1. The molecule has 1 fully saturated rings. The fraction of sp³-hybridized carbons (Fsp3) is 0.400. The maximum absolute atomic E-state index is 12.5. The molecule has 0 aliphatic carbocycles. The van der Waals surface area contributed by atoms with Crippen LogP contribution in [0.4, 0.5) is 10.7 Å². The Kier molecular flexibility index (Phi) is 6.53. The Morgan fingerprint density at radius 2 is 1.89 bits per heavy atom. The first-order chi connectivity index (χ1) is 13.5. The summed E-state index contributed by atoms with van der Waals surface area (Å²) in [5, 5.41) is 3.40. The van der Waals surface area contributed by atoms with Gasteiger partial charge in [-0.25, -0.2) is 4.79 Å². The van der Waals surface area contributed by atoms with Gasteiger partial charge in [0.2, 0.25) is 5.91 Å². The third-order valence-electron chi connectivity index (χ3n) is 4.67. The van der Waals surface area contributed by atoms with Gasteiger partial charge in [0.05, 0.1) is 26.3 Å². The van der Waals surface area contributed by atoms with E-state index < -0.39 is 5.97 Å². The molecule has 2 heterocycles. The van der Waals surface area contributed by atoms with Gasteiger partial charge in [0.15, 0.2) is 0 Å². The van der Waals surface area contributed by atoms with Crippen LogP contribution in [0.5, 0.6) is 5.75 Å². The molecule has 7 nitrogen and oxygen atoms in total. The number of piperazine rings is 1. The Morgan fingerprint density at radius 1 is 1.14 bits per heavy atom. The zero-order valence-electron chi connectivity index (χ0n) is 16.4. The Balaban J connectivity index is 1.53. The van der Waals surface area contributed by atoms with Gasteiger partial charge in [0.25, 0.3) is 0 Å². The highest BCUT2D eigenvalue weighted by Gasteiger charge is 2.22. The van der Waals surface area contributed by atoms with Gasteiger partial charge in [-0.2, -0.15) is 0 Å². The van der Waals surface area contributed by atoms with Crippen LogP contribution in [-0.2, 0) is 9.53 Å². The third kappa shape index (κ3) is 4.82. The van der Waals surface area contributed by atoms with Crippen LogP contribution in [0.1, 0.15) is 15.2 Å². The lowest BCUT2D eigenvalue weighted by Gasteiger charge is -2.35. The second-order valence-corrected chi connectivity index (χ2v) is 7.86. The fourth-order valence-corrected chi connectivity index (χ4v) is 4.13. The fourth-order valence-electron chi connectivity index (χ4n) is 3.21. The first kappa shape index (κ1) is 20.2. The number of carbonyl (C=O) groups excluding carboxylic acids is 2. The lowest BCUT2D eigenvalue weighted by molar-refractivity contribution is -0.117. The van der Waals surface area contributed by atoms with Crippen molar-refractivity contribution in [3.8, 4) is 5.75 Å². The van der Waals surface area contributed by atoms with E-state index in [4.69, 9.17) is 9.47 Å². The minimum atomic E-state index is -0.438. The Labute approximate surface area is 168 Å². The van der Waals surface area contributed by atoms with Crippen molar-refractivity contribution in [1.82, 2.24) is 4.90 Å². The number of nitrogens with one attached hydrogen (secondary N) is 1. The Morgan fingerprint density at radius 3 is 2.57 bits per heavy atom. The summed E-state index contributed by atoms with van der Waals surface area (Å²) < 4.78 is 10.1. The topological polar surface area (TPSA) is 71.1 Å². The van der Waals surface area contributed by atoms with E-state index in [0.717, 1.165) is 42.5 Å². The molecule has 2 aromatic rings. The predicted molar refractivity (Wildman–Crippen MR) is 111 cm³/mol. The van der Waals surface area contributed by atoms with Gasteiger partial charge < -0.3 is 19.7 Å². The molecule has 28 heavy (non-hydrogen) atoms. The number of anilines is 2. The van der Waals surface area contributed by atoms with Crippen LogP contribution in [0.25, 0.3) is 0 Å². The molecule has 8 heteroatoms. The number of aryl methyl sites for hydroxylation is 1. The number of nitrogens with zero attached hydrogens (tertiary/aromatic N) is 2. The molecule has 3 rings (SSSR count). The second kappa shape index (κ2) is 9.07. The number of methoxy groups -OCH3 is 2. The molecule has 0 radical (unpaired) electrons. The number of benzene rings is 1. The molecule has 0 saturated carbocycles. The van der Waals surface area contributed by atoms with Crippen LogP contribution in [0.15, 0.2) is 30.3 Å². The highest BCUT2D eigenvalue weighted by atomic mass is 32.1. The third-order valence-corrected chi connectivity index (χ3v) is 5.64. The average Bonchev–Trinajstić information content (AvgIpc) is 3.07. The number of hydrogen-bond acceptors (Lipinski definition) is 7. The van der Waals surface area contributed by atoms with Gasteiger partial charge in [-0.05, 0) is 25.1 Å². The van der Waals surface area contributed by atoms with Crippen molar-refractivity contribution in [1.29, 1.82) is 0 Å². The molecule has 1 aliphatic heterocycles. The SMILES string of the molecule is COC(=O)c1cc(C)sc1NC(=O)CN1CCN(c2cccc(OC)c2)CC1. The van der Waals surface area contributed by atoms with Crippen LogP contribution in [0.2, 0.25) is 0 Å². The quantitative estimate of drug-likeness (QED) is 0.748. The average molecular weight is 404 g/mol. The summed E-state index contributed by atoms with van der Waals surface area (Å²) in [6.07, 6.45) is 0. The number of carbonyl (C=O) groups is 2. The van der Waals surface area contributed by atoms with Crippen molar-refractivity contribution < 1.29 is 19.1 Å². The molecule has 0 spiro atoms. The van der Waals surface area contributed by atoms with E-state index in [0.29, 0.717) is 17.1 Å². The zero-order valence-corrected chi connectivity index (χ0v) is 17.2. The van der Waals surface area contributed by atoms with Crippen molar-refractivity contribution in [2.24, 2.45) is 0 Å². The Bertz CT molecular complexity index is 844. The largest absolute Gasteiger partial charge is 0.497 e. The van der Waals surface area contributed by atoms with E-state index in [9.17, 15) is 9.59 Å². The molecule has 1 aromatic carbocycles. The highest BCUT2D eigenvalue weighted by Crippen LogP contribution is 2.28. The molecule has 0 unspecified atom stereocenters. The normalized spacial score (nSPS) is 14.6. The first-order valence-electron chi connectivity index (χ1n) is 9.10. The molecule has 1 N–H and O–H groups in total. The lowest BCUT2D eigenvalue weighted by atomic mass is 10.2. The second-order valence-electron chi connectivity index (χ2n) is 6.60. The van der Waals surface area contributed by atoms with Crippen LogP contribution in [0, 0.1) is 6.92 Å². The summed E-state index contributed by atoms with van der Waals surface area (Å²) in [5.74, 6) is 0.278. The van der Waals surface area contributed by atoms with E-state index in [2.05, 4.69) is 21.2 Å². The van der Waals surface area contributed by atoms with Gasteiger partial charge in [0, 0.05) is 42.8 Å². The monoisotopic (exact) mass is 403 g/mol. The zero-order chi connectivity index (χ0) is 20.1. The molecule has 0 bridgehead atoms. The van der Waals surface area contributed by atoms with Crippen LogP contribution in [0.3, 0.4) is 0 Å². The first-order valence-corrected chi connectivity index (χ1v) is 9.91. The molecule has 1 saturated heterocycles. The maximum Gasteiger partial charge on any atom is 0.340 e. The maximum atomic E-state index is 12.5. The van der Waals surface area contributed by atoms with Crippen molar-refractivity contribution in [3.63, 3.8) is 0 Å². The van der Waals surface area contributed by atoms with Crippen molar-refractivity contribution in [2.45, 2.75) is 6.92 Å². The standard InChI is InChI=1S/C20H25N3O4S/c1-14-11-17(20(25)27-3)19(28-14)21-18(24)13-22-7-9-23(10-8-22)15-5-4-6-16(12-15)26-2/h4-6,11-12H,7-10,13H2,1-3H3,(H,21,24). The predicted octanol–water partition coefficient (Wildman–Crippen LogP) is 2.61. The minimum absolute atomic E-state index is 0.123. The number of ether oxygens (including phenoxy) is 2. The summed E-state index contributed by atoms with van der Waals surface area (Å²) in [6.45, 7) is 5.45. The number of thiophene rings is 1. The molecule has 1 aliphatic rings. The van der Waals surface area contributed by atoms with Crippen LogP contribution in [-0.4, -0.2) is 63.7 Å². The summed E-state index contributed by atoms with van der Waals surface area (Å²) in [6, 6.07) is 9.74. The van der Waals surface area contributed by atoms with E-state index >= 15 is 0 Å². The smallest absolute Gasteiger partial charge is 0.340 e. The van der Waals surface area contributed by atoms with Crippen molar-refractivity contribution in [2.75, 3.05) is 57.2 Å². The molecular formula is C20H25N3O4S.